The lowest BCUT2D eigenvalue weighted by Crippen LogP contribution is -2.45. The third-order valence-corrected chi connectivity index (χ3v) is 5.09. The highest BCUT2D eigenvalue weighted by Gasteiger charge is 2.22. The molecule has 0 radical (unpaired) electrons. The van der Waals surface area contributed by atoms with Gasteiger partial charge < -0.3 is 10.6 Å². The number of halogens is 1. The van der Waals surface area contributed by atoms with Crippen LogP contribution in [0.3, 0.4) is 0 Å². The number of carbonyl (C=O) groups is 3. The highest BCUT2D eigenvalue weighted by molar-refractivity contribution is 6.28. The molecule has 0 spiro atoms. The van der Waals surface area contributed by atoms with Crippen molar-refractivity contribution in [2.75, 3.05) is 11.2 Å². The van der Waals surface area contributed by atoms with Gasteiger partial charge in [0.15, 0.2) is 5.78 Å². The van der Waals surface area contributed by atoms with Crippen molar-refractivity contribution >= 4 is 34.9 Å². The number of Topliss-reactive ketones (excluding diaryl/α,β-unsaturated/α-hetero) is 1. The van der Waals surface area contributed by atoms with Gasteiger partial charge >= 0.3 is 0 Å². The number of ketones is 1. The number of aromatic nitrogens is 2. The number of hydrogen-bond acceptors (Lipinski definition) is 5. The maximum Gasteiger partial charge on any atom is 0.278 e. The van der Waals surface area contributed by atoms with Crippen LogP contribution in [-0.4, -0.2) is 39.1 Å². The third kappa shape index (κ3) is 6.36. The maximum atomic E-state index is 13.0. The zero-order chi connectivity index (χ0) is 23.8. The van der Waals surface area contributed by atoms with Gasteiger partial charge in [-0.3, -0.25) is 23.7 Å². The van der Waals surface area contributed by atoms with E-state index >= 15 is 0 Å². The predicted molar refractivity (Wildman–Crippen MR) is 126 cm³/mol. The molecule has 9 heteroatoms. The van der Waals surface area contributed by atoms with Crippen molar-refractivity contribution in [1.82, 2.24) is 14.9 Å². The van der Waals surface area contributed by atoms with Crippen molar-refractivity contribution in [3.8, 4) is 11.4 Å². The van der Waals surface area contributed by atoms with E-state index in [0.717, 1.165) is 5.56 Å². The number of carbonyl (C=O) groups excluding carboxylic acids is 3. The zero-order valence-corrected chi connectivity index (χ0v) is 18.7. The molecule has 0 aliphatic carbocycles. The average Bonchev–Trinajstić information content (AvgIpc) is 2.81. The van der Waals surface area contributed by atoms with E-state index < -0.39 is 30.0 Å². The van der Waals surface area contributed by atoms with Gasteiger partial charge in [0.2, 0.25) is 11.8 Å². The van der Waals surface area contributed by atoms with Crippen molar-refractivity contribution in [1.29, 1.82) is 0 Å². The Kier molecular flexibility index (Phi) is 8.10. The number of rotatable bonds is 9. The fourth-order valence-electron chi connectivity index (χ4n) is 3.30. The topological polar surface area (TPSA) is 110 Å². The largest absolute Gasteiger partial charge is 0.344 e. The number of benzene rings is 2. The molecule has 3 aromatic rings. The Hall–Kier alpha value is -3.78. The minimum atomic E-state index is -0.847. The van der Waals surface area contributed by atoms with Crippen LogP contribution in [0.15, 0.2) is 71.7 Å². The maximum absolute atomic E-state index is 13.0. The van der Waals surface area contributed by atoms with Gasteiger partial charge in [0.25, 0.3) is 5.56 Å². The van der Waals surface area contributed by atoms with E-state index in [1.54, 1.807) is 24.3 Å². The summed E-state index contributed by atoms with van der Waals surface area (Å²) < 4.78 is 1.17. The molecule has 2 N–H and O–H groups in total. The summed E-state index contributed by atoms with van der Waals surface area (Å²) >= 11 is 5.75. The molecule has 0 saturated carbocycles. The molecule has 1 aromatic heterocycles. The molecule has 0 bridgehead atoms. The van der Waals surface area contributed by atoms with Crippen LogP contribution in [0.1, 0.15) is 12.5 Å². The number of hydrogen-bond donors (Lipinski definition) is 2. The SMILES string of the molecule is CC(=O)Nc1cnc(-c2ccccc2)n(CC(=O)N[C@@H](Cc2ccccc2)C(=O)CCl)c1=O. The molecule has 33 heavy (non-hydrogen) atoms. The van der Waals surface area contributed by atoms with Gasteiger partial charge in [0.1, 0.15) is 18.1 Å². The minimum absolute atomic E-state index is 0.0485. The second kappa shape index (κ2) is 11.2. The smallest absolute Gasteiger partial charge is 0.278 e. The first kappa shape index (κ1) is 23.9. The molecule has 2 amide bonds. The molecule has 0 fully saturated rings. The second-order valence-corrected chi connectivity index (χ2v) is 7.61. The Balaban J connectivity index is 1.91. The Labute approximate surface area is 195 Å². The van der Waals surface area contributed by atoms with E-state index in [-0.39, 0.29) is 29.6 Å². The molecular weight excluding hydrogens is 444 g/mol. The predicted octanol–water partition coefficient (Wildman–Crippen LogP) is 2.40. The van der Waals surface area contributed by atoms with Gasteiger partial charge in [0, 0.05) is 12.5 Å². The minimum Gasteiger partial charge on any atom is -0.344 e. The van der Waals surface area contributed by atoms with Gasteiger partial charge in [-0.2, -0.15) is 0 Å². The van der Waals surface area contributed by atoms with E-state index in [1.807, 2.05) is 36.4 Å². The van der Waals surface area contributed by atoms with Crippen molar-refractivity contribution in [3.05, 3.63) is 82.8 Å². The summed E-state index contributed by atoms with van der Waals surface area (Å²) in [6, 6.07) is 17.3. The van der Waals surface area contributed by atoms with Crippen molar-refractivity contribution in [2.24, 2.45) is 0 Å². The van der Waals surface area contributed by atoms with Crippen LogP contribution < -0.4 is 16.2 Å². The summed E-state index contributed by atoms with van der Waals surface area (Å²) in [5.74, 6) is -1.33. The number of alkyl halides is 1. The van der Waals surface area contributed by atoms with Gasteiger partial charge in [-0.05, 0) is 12.0 Å². The van der Waals surface area contributed by atoms with Crippen LogP contribution in [0.2, 0.25) is 0 Å². The molecule has 2 aromatic carbocycles. The first-order valence-electron chi connectivity index (χ1n) is 10.2. The van der Waals surface area contributed by atoms with Crippen LogP contribution in [0.4, 0.5) is 5.69 Å². The molecule has 3 rings (SSSR count). The first-order valence-corrected chi connectivity index (χ1v) is 10.8. The van der Waals surface area contributed by atoms with E-state index in [2.05, 4.69) is 15.6 Å². The van der Waals surface area contributed by atoms with E-state index in [1.165, 1.54) is 17.7 Å². The Morgan fingerprint density at radius 1 is 1.03 bits per heavy atom. The van der Waals surface area contributed by atoms with Gasteiger partial charge in [-0.15, -0.1) is 11.6 Å². The number of anilines is 1. The summed E-state index contributed by atoms with van der Waals surface area (Å²) in [4.78, 5) is 54.1. The Morgan fingerprint density at radius 2 is 1.67 bits per heavy atom. The molecule has 0 unspecified atom stereocenters. The molecular formula is C24H23ClN4O4. The van der Waals surface area contributed by atoms with E-state index in [0.29, 0.717) is 5.56 Å². The van der Waals surface area contributed by atoms with Crippen LogP contribution >= 0.6 is 11.6 Å². The monoisotopic (exact) mass is 466 g/mol. The fourth-order valence-corrected chi connectivity index (χ4v) is 3.49. The zero-order valence-electron chi connectivity index (χ0n) is 18.0. The first-order chi connectivity index (χ1) is 15.9. The van der Waals surface area contributed by atoms with Crippen LogP contribution in [-0.2, 0) is 27.3 Å². The highest BCUT2D eigenvalue weighted by Crippen LogP contribution is 2.16. The lowest BCUT2D eigenvalue weighted by molar-refractivity contribution is -0.127. The number of nitrogens with one attached hydrogen (secondary N) is 2. The standard InChI is InChI=1S/C24H23ClN4O4/c1-16(30)27-20-14-26-23(18-10-6-3-7-11-18)29(24(20)33)15-22(32)28-19(21(31)13-25)12-17-8-4-2-5-9-17/h2-11,14,19H,12-13,15H2,1H3,(H,27,30)(H,28,32)/t19-/m0/s1. The normalized spacial score (nSPS) is 11.5. The quantitative estimate of drug-likeness (QED) is 0.470. The molecule has 0 aliphatic heterocycles. The summed E-state index contributed by atoms with van der Waals surface area (Å²) in [5.41, 5.74) is 0.845. The molecule has 0 aliphatic rings. The summed E-state index contributed by atoms with van der Waals surface area (Å²) in [6.07, 6.45) is 1.53. The molecule has 1 atom stereocenters. The van der Waals surface area contributed by atoms with Crippen LogP contribution in [0, 0.1) is 0 Å². The third-order valence-electron chi connectivity index (χ3n) is 4.83. The molecule has 170 valence electrons. The molecule has 1 heterocycles. The summed E-state index contributed by atoms with van der Waals surface area (Å²) in [7, 11) is 0. The lowest BCUT2D eigenvalue weighted by Gasteiger charge is -2.19. The Morgan fingerprint density at radius 3 is 2.27 bits per heavy atom. The van der Waals surface area contributed by atoms with Gasteiger partial charge in [0.05, 0.1) is 18.1 Å². The summed E-state index contributed by atoms with van der Waals surface area (Å²) in [6.45, 7) is 0.873. The van der Waals surface area contributed by atoms with Crippen molar-refractivity contribution in [3.63, 3.8) is 0 Å². The van der Waals surface area contributed by atoms with Crippen LogP contribution in [0.25, 0.3) is 11.4 Å². The number of amides is 2. The highest BCUT2D eigenvalue weighted by atomic mass is 35.5. The lowest BCUT2D eigenvalue weighted by atomic mass is 10.0. The van der Waals surface area contributed by atoms with Crippen LogP contribution in [0.5, 0.6) is 0 Å². The summed E-state index contributed by atoms with van der Waals surface area (Å²) in [5, 5.41) is 5.11. The second-order valence-electron chi connectivity index (χ2n) is 7.34. The van der Waals surface area contributed by atoms with Crippen molar-refractivity contribution < 1.29 is 14.4 Å². The van der Waals surface area contributed by atoms with Crippen molar-refractivity contribution in [2.45, 2.75) is 25.9 Å². The van der Waals surface area contributed by atoms with Gasteiger partial charge in [-0.1, -0.05) is 60.7 Å². The molecule has 0 saturated heterocycles. The molecule has 8 nitrogen and oxygen atoms in total. The van der Waals surface area contributed by atoms with Gasteiger partial charge in [-0.25, -0.2) is 4.98 Å². The Bertz CT molecular complexity index is 1200. The van der Waals surface area contributed by atoms with E-state index in [9.17, 15) is 19.2 Å². The van der Waals surface area contributed by atoms with E-state index in [4.69, 9.17) is 11.6 Å². The average molecular weight is 467 g/mol. The number of nitrogens with zero attached hydrogens (tertiary/aromatic N) is 2. The fraction of sp³-hybridized carbons (Fsp3) is 0.208.